The summed E-state index contributed by atoms with van der Waals surface area (Å²) in [6.07, 6.45) is 4.20. The van der Waals surface area contributed by atoms with Crippen molar-refractivity contribution in [2.24, 2.45) is 5.92 Å². The minimum atomic E-state index is -0.571. The van der Waals surface area contributed by atoms with Crippen molar-refractivity contribution < 1.29 is 9.21 Å². The molecule has 2 heterocycles. The van der Waals surface area contributed by atoms with E-state index >= 15 is 0 Å². The number of amides is 1. The Hall–Kier alpha value is -2.57. The Kier molecular flexibility index (Phi) is 3.40. The molecule has 1 aliphatic carbocycles. The first-order valence-electron chi connectivity index (χ1n) is 7.96. The summed E-state index contributed by atoms with van der Waals surface area (Å²) in [7, 11) is 0. The van der Waals surface area contributed by atoms with E-state index in [1.807, 2.05) is 18.2 Å². The molecule has 1 aromatic carbocycles. The minimum absolute atomic E-state index is 0.0800. The highest BCUT2D eigenvalue weighted by Gasteiger charge is 2.30. The SMILES string of the molecule is O=C(Nc1ccc(-c2n[nH]c(=O)o2)c(N2CCCC2)c1)C1CC1. The fraction of sp³-hybridized carbons (Fsp3) is 0.438. The molecule has 2 N–H and O–H groups in total. The van der Waals surface area contributed by atoms with Crippen LogP contribution in [0.4, 0.5) is 11.4 Å². The number of hydrogen-bond donors (Lipinski definition) is 2. The molecule has 1 saturated carbocycles. The van der Waals surface area contributed by atoms with Gasteiger partial charge in [0.05, 0.1) is 11.3 Å². The van der Waals surface area contributed by atoms with Gasteiger partial charge in [-0.3, -0.25) is 4.79 Å². The van der Waals surface area contributed by atoms with E-state index in [2.05, 4.69) is 20.4 Å². The van der Waals surface area contributed by atoms with E-state index in [0.29, 0.717) is 0 Å². The predicted molar refractivity (Wildman–Crippen MR) is 85.4 cm³/mol. The number of hydrogen-bond acceptors (Lipinski definition) is 5. The van der Waals surface area contributed by atoms with Gasteiger partial charge in [-0.2, -0.15) is 0 Å². The first-order chi connectivity index (χ1) is 11.2. The molecule has 2 aliphatic rings. The van der Waals surface area contributed by atoms with Gasteiger partial charge in [-0.25, -0.2) is 9.89 Å². The van der Waals surface area contributed by atoms with Crippen LogP contribution in [0.25, 0.3) is 11.5 Å². The molecule has 0 spiro atoms. The van der Waals surface area contributed by atoms with Gasteiger partial charge in [0.1, 0.15) is 0 Å². The number of H-pyrrole nitrogens is 1. The number of aromatic nitrogens is 2. The molecule has 1 saturated heterocycles. The standard InChI is InChI=1S/C16H18N4O3/c21-14(10-3-4-10)17-11-5-6-12(15-18-19-16(22)23-15)13(9-11)20-7-1-2-8-20/h5-6,9-10H,1-4,7-8H2,(H,17,21)(H,19,22). The van der Waals surface area contributed by atoms with Crippen LogP contribution >= 0.6 is 0 Å². The molecule has 1 aromatic heterocycles. The quantitative estimate of drug-likeness (QED) is 0.900. The predicted octanol–water partition coefficient (Wildman–Crippen LogP) is 1.98. The molecular weight excluding hydrogens is 296 g/mol. The lowest BCUT2D eigenvalue weighted by Gasteiger charge is -2.21. The zero-order chi connectivity index (χ0) is 15.8. The number of carbonyl (C=O) groups is 1. The molecular formula is C16H18N4O3. The molecule has 7 heteroatoms. The Morgan fingerprint density at radius 3 is 2.74 bits per heavy atom. The second-order valence-electron chi connectivity index (χ2n) is 6.11. The van der Waals surface area contributed by atoms with Crippen molar-refractivity contribution in [3.8, 4) is 11.5 Å². The minimum Gasteiger partial charge on any atom is -0.388 e. The van der Waals surface area contributed by atoms with Gasteiger partial charge in [0.2, 0.25) is 5.91 Å². The molecule has 120 valence electrons. The molecule has 0 atom stereocenters. The monoisotopic (exact) mass is 314 g/mol. The van der Waals surface area contributed by atoms with Gasteiger partial charge in [-0.1, -0.05) is 0 Å². The van der Waals surface area contributed by atoms with Crippen molar-refractivity contribution in [1.29, 1.82) is 0 Å². The molecule has 23 heavy (non-hydrogen) atoms. The Labute approximate surface area is 132 Å². The lowest BCUT2D eigenvalue weighted by Crippen LogP contribution is -2.19. The number of nitrogens with zero attached hydrogens (tertiary/aromatic N) is 2. The summed E-state index contributed by atoms with van der Waals surface area (Å²) in [6, 6.07) is 5.61. The zero-order valence-corrected chi connectivity index (χ0v) is 12.7. The van der Waals surface area contributed by atoms with Crippen molar-refractivity contribution in [2.75, 3.05) is 23.3 Å². The Morgan fingerprint density at radius 1 is 1.30 bits per heavy atom. The van der Waals surface area contributed by atoms with Gasteiger partial charge in [0.25, 0.3) is 5.89 Å². The van der Waals surface area contributed by atoms with Crippen LogP contribution in [-0.2, 0) is 4.79 Å². The van der Waals surface area contributed by atoms with Crippen LogP contribution in [0.5, 0.6) is 0 Å². The summed E-state index contributed by atoms with van der Waals surface area (Å²) in [5.41, 5.74) is 2.46. The zero-order valence-electron chi connectivity index (χ0n) is 12.7. The van der Waals surface area contributed by atoms with Gasteiger partial charge in [0, 0.05) is 24.7 Å². The number of aromatic amines is 1. The van der Waals surface area contributed by atoms with Crippen LogP contribution in [0.1, 0.15) is 25.7 Å². The molecule has 7 nitrogen and oxygen atoms in total. The fourth-order valence-electron chi connectivity index (χ4n) is 2.94. The van der Waals surface area contributed by atoms with Crippen LogP contribution in [-0.4, -0.2) is 29.2 Å². The Bertz CT molecular complexity index is 785. The van der Waals surface area contributed by atoms with E-state index < -0.39 is 5.76 Å². The maximum Gasteiger partial charge on any atom is 0.434 e. The summed E-state index contributed by atoms with van der Waals surface area (Å²) in [5, 5.41) is 9.19. The highest BCUT2D eigenvalue weighted by Crippen LogP contribution is 2.35. The number of nitrogens with one attached hydrogen (secondary N) is 2. The van der Waals surface area contributed by atoms with E-state index in [1.165, 1.54) is 0 Å². The maximum atomic E-state index is 12.0. The fourth-order valence-corrected chi connectivity index (χ4v) is 2.94. The first kappa shape index (κ1) is 14.0. The van der Waals surface area contributed by atoms with Crippen LogP contribution in [0, 0.1) is 5.92 Å². The van der Waals surface area contributed by atoms with Crippen LogP contribution in [0.3, 0.4) is 0 Å². The molecule has 4 rings (SSSR count). The highest BCUT2D eigenvalue weighted by atomic mass is 16.4. The van der Waals surface area contributed by atoms with Gasteiger partial charge in [0.15, 0.2) is 0 Å². The third-order valence-electron chi connectivity index (χ3n) is 4.33. The first-order valence-corrected chi connectivity index (χ1v) is 7.96. The number of rotatable bonds is 4. The average molecular weight is 314 g/mol. The molecule has 0 unspecified atom stereocenters. The smallest absolute Gasteiger partial charge is 0.388 e. The van der Waals surface area contributed by atoms with E-state index in [-0.39, 0.29) is 17.7 Å². The average Bonchev–Trinajstić information content (AvgIpc) is 3.08. The van der Waals surface area contributed by atoms with E-state index in [1.54, 1.807) is 0 Å². The Balaban J connectivity index is 1.69. The number of anilines is 2. The van der Waals surface area contributed by atoms with Gasteiger partial charge in [-0.15, -0.1) is 5.10 Å². The van der Waals surface area contributed by atoms with Crippen molar-refractivity contribution in [2.45, 2.75) is 25.7 Å². The maximum absolute atomic E-state index is 12.0. The van der Waals surface area contributed by atoms with Gasteiger partial charge < -0.3 is 14.6 Å². The lowest BCUT2D eigenvalue weighted by molar-refractivity contribution is -0.117. The summed E-state index contributed by atoms with van der Waals surface area (Å²) in [5.74, 6) is -0.0545. The number of carbonyl (C=O) groups excluding carboxylic acids is 1. The summed E-state index contributed by atoms with van der Waals surface area (Å²) in [6.45, 7) is 1.89. The molecule has 0 radical (unpaired) electrons. The van der Waals surface area contributed by atoms with Crippen molar-refractivity contribution in [3.63, 3.8) is 0 Å². The normalized spacial score (nSPS) is 17.5. The number of benzene rings is 1. The molecule has 2 fully saturated rings. The molecule has 2 aromatic rings. The van der Waals surface area contributed by atoms with Gasteiger partial charge in [-0.05, 0) is 43.9 Å². The van der Waals surface area contributed by atoms with Crippen molar-refractivity contribution >= 4 is 17.3 Å². The summed E-state index contributed by atoms with van der Waals surface area (Å²) < 4.78 is 5.10. The lowest BCUT2D eigenvalue weighted by atomic mass is 10.1. The second-order valence-corrected chi connectivity index (χ2v) is 6.11. The van der Waals surface area contributed by atoms with Crippen molar-refractivity contribution in [1.82, 2.24) is 10.2 Å². The molecule has 0 bridgehead atoms. The van der Waals surface area contributed by atoms with Crippen LogP contribution in [0.15, 0.2) is 27.4 Å². The molecule has 1 aliphatic heterocycles. The topological polar surface area (TPSA) is 91.2 Å². The summed E-state index contributed by atoms with van der Waals surface area (Å²) in [4.78, 5) is 25.4. The van der Waals surface area contributed by atoms with Crippen LogP contribution < -0.4 is 16.0 Å². The Morgan fingerprint density at radius 2 is 2.09 bits per heavy atom. The second kappa shape index (κ2) is 5.57. The van der Waals surface area contributed by atoms with E-state index in [0.717, 1.165) is 55.7 Å². The van der Waals surface area contributed by atoms with Crippen molar-refractivity contribution in [3.05, 3.63) is 28.7 Å². The third kappa shape index (κ3) is 2.86. The largest absolute Gasteiger partial charge is 0.434 e. The highest BCUT2D eigenvalue weighted by molar-refractivity contribution is 5.95. The molecule has 1 amide bonds. The third-order valence-corrected chi connectivity index (χ3v) is 4.33. The van der Waals surface area contributed by atoms with E-state index in [4.69, 9.17) is 4.42 Å². The van der Waals surface area contributed by atoms with Gasteiger partial charge >= 0.3 is 5.76 Å². The van der Waals surface area contributed by atoms with Crippen LogP contribution in [0.2, 0.25) is 0 Å². The summed E-state index contributed by atoms with van der Waals surface area (Å²) >= 11 is 0. The van der Waals surface area contributed by atoms with E-state index in [9.17, 15) is 9.59 Å².